The molecule has 0 unspecified atom stereocenters. The molecule has 4 rings (SSSR count). The van der Waals surface area contributed by atoms with Gasteiger partial charge in [0, 0.05) is 19.3 Å². The largest absolute Gasteiger partial charge is 0.328 e. The highest BCUT2D eigenvalue weighted by Gasteiger charge is 2.21. The minimum atomic E-state index is -0.223. The van der Waals surface area contributed by atoms with E-state index < -0.39 is 0 Å². The molecule has 2 aromatic heterocycles. The average Bonchev–Trinajstić information content (AvgIpc) is 3.13. The van der Waals surface area contributed by atoms with E-state index in [9.17, 15) is 4.79 Å². The maximum Gasteiger partial charge on any atom is 0.318 e. The van der Waals surface area contributed by atoms with Crippen LogP contribution in [0.5, 0.6) is 0 Å². The summed E-state index contributed by atoms with van der Waals surface area (Å²) in [5.41, 5.74) is 3.30. The summed E-state index contributed by atoms with van der Waals surface area (Å²) in [7, 11) is 0. The van der Waals surface area contributed by atoms with Crippen molar-refractivity contribution in [3.63, 3.8) is 0 Å². The standard InChI is InChI=1S/C20H21N5O/c1-15(19-23-22-18-9-5-6-12-25(18)19)21-20(26)24-13-10-17(11-14-24)16-7-3-2-4-8-16/h2-10,12,15H,11,13-14H2,1H3,(H,21,26)/t15-/m1/s1. The van der Waals surface area contributed by atoms with Crippen molar-refractivity contribution in [1.82, 2.24) is 24.8 Å². The number of nitrogens with one attached hydrogen (secondary N) is 1. The maximum absolute atomic E-state index is 12.6. The van der Waals surface area contributed by atoms with E-state index in [4.69, 9.17) is 0 Å². The Bertz CT molecular complexity index is 947. The summed E-state index contributed by atoms with van der Waals surface area (Å²) < 4.78 is 1.90. The molecule has 0 fully saturated rings. The van der Waals surface area contributed by atoms with Gasteiger partial charge in [0.2, 0.25) is 0 Å². The van der Waals surface area contributed by atoms with Crippen LogP contribution in [0.4, 0.5) is 4.79 Å². The highest BCUT2D eigenvalue weighted by atomic mass is 16.2. The molecule has 1 N–H and O–H groups in total. The van der Waals surface area contributed by atoms with Gasteiger partial charge in [-0.1, -0.05) is 42.5 Å². The van der Waals surface area contributed by atoms with Crippen molar-refractivity contribution in [3.05, 3.63) is 72.2 Å². The lowest BCUT2D eigenvalue weighted by Crippen LogP contribution is -2.43. The Morgan fingerprint density at radius 2 is 1.92 bits per heavy atom. The molecule has 1 aliphatic heterocycles. The summed E-state index contributed by atoms with van der Waals surface area (Å²) in [5, 5.41) is 11.4. The number of urea groups is 1. The van der Waals surface area contributed by atoms with Gasteiger partial charge in [-0.2, -0.15) is 0 Å². The number of hydrogen-bond donors (Lipinski definition) is 1. The summed E-state index contributed by atoms with van der Waals surface area (Å²) in [4.78, 5) is 14.4. The summed E-state index contributed by atoms with van der Waals surface area (Å²) in [5.74, 6) is 0.728. The Hall–Kier alpha value is -3.15. The van der Waals surface area contributed by atoms with E-state index in [2.05, 4.69) is 33.7 Å². The van der Waals surface area contributed by atoms with E-state index >= 15 is 0 Å². The second kappa shape index (κ2) is 7.00. The van der Waals surface area contributed by atoms with Crippen LogP contribution in [0.3, 0.4) is 0 Å². The van der Waals surface area contributed by atoms with Gasteiger partial charge < -0.3 is 10.2 Å². The van der Waals surface area contributed by atoms with Crippen molar-refractivity contribution >= 4 is 17.3 Å². The van der Waals surface area contributed by atoms with Crippen molar-refractivity contribution in [3.8, 4) is 0 Å². The number of rotatable bonds is 3. The number of nitrogens with zero attached hydrogens (tertiary/aromatic N) is 4. The SMILES string of the molecule is C[C@@H](NC(=O)N1CC=C(c2ccccc2)CC1)c1nnc2ccccn12. The Labute approximate surface area is 152 Å². The van der Waals surface area contributed by atoms with Crippen LogP contribution in [-0.4, -0.2) is 38.6 Å². The molecule has 0 saturated carbocycles. The molecule has 0 spiro atoms. The fourth-order valence-corrected chi connectivity index (χ4v) is 3.26. The van der Waals surface area contributed by atoms with Crippen molar-refractivity contribution in [1.29, 1.82) is 0 Å². The fraction of sp³-hybridized carbons (Fsp3) is 0.250. The molecule has 3 aromatic rings. The maximum atomic E-state index is 12.6. The third-order valence-electron chi connectivity index (χ3n) is 4.71. The van der Waals surface area contributed by atoms with Crippen LogP contribution in [0.25, 0.3) is 11.2 Å². The highest BCUT2D eigenvalue weighted by Crippen LogP contribution is 2.22. The quantitative estimate of drug-likeness (QED) is 0.791. The third kappa shape index (κ3) is 3.18. The van der Waals surface area contributed by atoms with Crippen LogP contribution in [0.15, 0.2) is 60.8 Å². The van der Waals surface area contributed by atoms with Crippen molar-refractivity contribution in [2.75, 3.05) is 13.1 Å². The van der Waals surface area contributed by atoms with Gasteiger partial charge in [-0.25, -0.2) is 4.79 Å². The van der Waals surface area contributed by atoms with Crippen LogP contribution in [0.1, 0.15) is 30.8 Å². The van der Waals surface area contributed by atoms with Crippen LogP contribution in [0.2, 0.25) is 0 Å². The normalized spacial score (nSPS) is 15.6. The van der Waals surface area contributed by atoms with Crippen LogP contribution in [0, 0.1) is 0 Å². The van der Waals surface area contributed by atoms with E-state index in [-0.39, 0.29) is 12.1 Å². The molecule has 1 aromatic carbocycles. The molecular formula is C20H21N5O. The highest BCUT2D eigenvalue weighted by molar-refractivity contribution is 5.77. The first-order valence-electron chi connectivity index (χ1n) is 8.82. The summed E-state index contributed by atoms with van der Waals surface area (Å²) in [6.07, 6.45) is 4.90. The predicted octanol–water partition coefficient (Wildman–Crippen LogP) is 3.29. The molecule has 0 saturated heterocycles. The zero-order chi connectivity index (χ0) is 17.9. The summed E-state index contributed by atoms with van der Waals surface area (Å²) in [6, 6.07) is 15.8. The second-order valence-electron chi connectivity index (χ2n) is 6.45. The predicted molar refractivity (Wildman–Crippen MR) is 101 cm³/mol. The van der Waals surface area contributed by atoms with Gasteiger partial charge >= 0.3 is 6.03 Å². The number of pyridine rings is 1. The van der Waals surface area contributed by atoms with Gasteiger partial charge in [0.1, 0.15) is 0 Å². The molecule has 2 amide bonds. The number of fused-ring (bicyclic) bond motifs is 1. The third-order valence-corrected chi connectivity index (χ3v) is 4.71. The molecule has 0 bridgehead atoms. The van der Waals surface area contributed by atoms with Gasteiger partial charge in [-0.15, -0.1) is 10.2 Å². The topological polar surface area (TPSA) is 62.5 Å². The van der Waals surface area contributed by atoms with Gasteiger partial charge in [-0.3, -0.25) is 4.40 Å². The Kier molecular flexibility index (Phi) is 4.39. The van der Waals surface area contributed by atoms with Gasteiger partial charge in [0.15, 0.2) is 11.5 Å². The van der Waals surface area contributed by atoms with Gasteiger partial charge in [0.25, 0.3) is 0 Å². The molecule has 1 aliphatic rings. The Balaban J connectivity index is 1.42. The second-order valence-corrected chi connectivity index (χ2v) is 6.45. The van der Waals surface area contributed by atoms with Gasteiger partial charge in [0.05, 0.1) is 6.04 Å². The van der Waals surface area contributed by atoms with E-state index in [0.717, 1.165) is 17.9 Å². The van der Waals surface area contributed by atoms with Crippen LogP contribution >= 0.6 is 0 Å². The smallest absolute Gasteiger partial charge is 0.318 e. The molecule has 0 radical (unpaired) electrons. The van der Waals surface area contributed by atoms with E-state index in [0.29, 0.717) is 13.1 Å². The monoisotopic (exact) mass is 347 g/mol. The number of carbonyl (C=O) groups is 1. The van der Waals surface area contributed by atoms with Crippen molar-refractivity contribution < 1.29 is 4.79 Å². The van der Waals surface area contributed by atoms with Crippen LogP contribution in [-0.2, 0) is 0 Å². The number of benzene rings is 1. The first-order chi connectivity index (χ1) is 12.7. The number of aromatic nitrogens is 3. The van der Waals surface area contributed by atoms with E-state index in [1.54, 1.807) is 0 Å². The van der Waals surface area contributed by atoms with Gasteiger partial charge in [-0.05, 0) is 36.6 Å². The first kappa shape index (κ1) is 16.3. The van der Waals surface area contributed by atoms with E-state index in [1.165, 1.54) is 11.1 Å². The molecular weight excluding hydrogens is 326 g/mol. The molecule has 3 heterocycles. The zero-order valence-electron chi connectivity index (χ0n) is 14.7. The Morgan fingerprint density at radius 1 is 1.12 bits per heavy atom. The molecule has 26 heavy (non-hydrogen) atoms. The summed E-state index contributed by atoms with van der Waals surface area (Å²) >= 11 is 0. The Morgan fingerprint density at radius 3 is 2.69 bits per heavy atom. The lowest BCUT2D eigenvalue weighted by Gasteiger charge is -2.28. The fourth-order valence-electron chi connectivity index (χ4n) is 3.26. The minimum Gasteiger partial charge on any atom is -0.328 e. The molecule has 6 heteroatoms. The number of hydrogen-bond acceptors (Lipinski definition) is 3. The molecule has 6 nitrogen and oxygen atoms in total. The van der Waals surface area contributed by atoms with Crippen molar-refractivity contribution in [2.24, 2.45) is 0 Å². The zero-order valence-corrected chi connectivity index (χ0v) is 14.7. The minimum absolute atomic E-state index is 0.0754. The number of carbonyl (C=O) groups excluding carboxylic acids is 1. The lowest BCUT2D eigenvalue weighted by molar-refractivity contribution is 0.199. The molecule has 1 atom stereocenters. The number of amides is 2. The van der Waals surface area contributed by atoms with Crippen molar-refractivity contribution in [2.45, 2.75) is 19.4 Å². The van der Waals surface area contributed by atoms with Crippen LogP contribution < -0.4 is 5.32 Å². The first-order valence-corrected chi connectivity index (χ1v) is 8.82. The summed E-state index contributed by atoms with van der Waals surface area (Å²) in [6.45, 7) is 3.25. The lowest BCUT2D eigenvalue weighted by atomic mass is 10.00. The molecule has 0 aliphatic carbocycles. The average molecular weight is 347 g/mol. The molecule has 132 valence electrons. The van der Waals surface area contributed by atoms with E-state index in [1.807, 2.05) is 58.8 Å².